The van der Waals surface area contributed by atoms with Gasteiger partial charge in [0.25, 0.3) is 40.1 Å². The fourth-order valence-corrected chi connectivity index (χ4v) is 24.5. The summed E-state index contributed by atoms with van der Waals surface area (Å²) in [5.41, 5.74) is 5.39. The van der Waals surface area contributed by atoms with E-state index in [9.17, 15) is 52.4 Å². The quantitative estimate of drug-likeness (QED) is 0.0393. The highest BCUT2D eigenvalue weighted by molar-refractivity contribution is 7.92. The molecule has 0 aliphatic carbocycles. The number of aromatic nitrogens is 8. The first-order valence-corrected chi connectivity index (χ1v) is 46.3. The van der Waals surface area contributed by atoms with Crippen LogP contribution in [0.5, 0.6) is 11.5 Å². The molecule has 0 bridgehead atoms. The van der Waals surface area contributed by atoms with Gasteiger partial charge in [-0.2, -0.15) is 17.2 Å². The van der Waals surface area contributed by atoms with E-state index in [1.54, 1.807) is 160 Å². The Hall–Kier alpha value is -10.0. The maximum atomic E-state index is 13.8. The second-order valence-electron chi connectivity index (χ2n) is 26.9. The van der Waals surface area contributed by atoms with Crippen LogP contribution in [0.4, 0.5) is 55.3 Å². The number of ether oxygens (including phenoxy) is 1. The molecule has 4 saturated heterocycles. The van der Waals surface area contributed by atoms with Crippen molar-refractivity contribution in [3.05, 3.63) is 206 Å². The molecule has 4 fully saturated rings. The topological polar surface area (TPSA) is 347 Å². The molecule has 0 saturated carbocycles. The molecule has 0 amide bonds. The predicted molar refractivity (Wildman–Crippen MR) is 449 cm³/mol. The van der Waals surface area contributed by atoms with Gasteiger partial charge in [0.15, 0.2) is 5.78 Å². The van der Waals surface area contributed by atoms with Gasteiger partial charge in [-0.25, -0.2) is 82.3 Å². The predicted octanol–water partition coefficient (Wildman–Crippen LogP) is 16.7. The third-order valence-corrected chi connectivity index (χ3v) is 32.6. The van der Waals surface area contributed by atoms with Crippen molar-refractivity contribution >= 4 is 138 Å². The number of methoxy groups -OCH3 is 1. The van der Waals surface area contributed by atoms with Gasteiger partial charge in [0.2, 0.25) is 23.8 Å². The van der Waals surface area contributed by atoms with E-state index in [4.69, 9.17) is 4.74 Å². The first-order chi connectivity index (χ1) is 55.9. The zero-order valence-electron chi connectivity index (χ0n) is 63.0. The number of aromatic hydroxyl groups is 1. The summed E-state index contributed by atoms with van der Waals surface area (Å²) in [7, 11) is -12.2. The molecule has 0 atom stereocenters. The van der Waals surface area contributed by atoms with E-state index in [-0.39, 0.29) is 27.4 Å². The molecule has 4 aliphatic rings. The summed E-state index contributed by atoms with van der Waals surface area (Å²) in [6.07, 6.45) is 17.9. The van der Waals surface area contributed by atoms with Crippen molar-refractivity contribution in [2.45, 2.75) is 101 Å². The number of phenolic OH excluding ortho intramolecular Hbond substituents is 1. The molecule has 5 N–H and O–H groups in total. The summed E-state index contributed by atoms with van der Waals surface area (Å²) in [5.74, 6) is 0.783. The van der Waals surface area contributed by atoms with E-state index >= 15 is 0 Å². The molecule has 12 heterocycles. The molecule has 606 valence electrons. The Labute approximate surface area is 687 Å². The van der Waals surface area contributed by atoms with Crippen molar-refractivity contribution in [1.29, 1.82) is 0 Å². The van der Waals surface area contributed by atoms with Gasteiger partial charge < -0.3 is 31.1 Å². The number of hydrogen-bond acceptors (Lipinski definition) is 27. The lowest BCUT2D eigenvalue weighted by molar-refractivity contribution is 0.101. The summed E-state index contributed by atoms with van der Waals surface area (Å²) in [6.45, 7) is 6.13. The summed E-state index contributed by atoms with van der Waals surface area (Å²) in [4.78, 5) is 49.0. The largest absolute Gasteiger partial charge is 0.508 e. The molecule has 0 unspecified atom stereocenters. The van der Waals surface area contributed by atoms with Crippen LogP contribution in [0.1, 0.15) is 94.3 Å². The number of halogens is 2. The smallest absolute Gasteiger partial charge is 0.252 e. The summed E-state index contributed by atoms with van der Waals surface area (Å²) in [6, 6.07) is 44.9. The Bertz CT molecular complexity index is 5880. The molecule has 4 aromatic carbocycles. The van der Waals surface area contributed by atoms with Gasteiger partial charge >= 0.3 is 0 Å². The molecule has 4 aliphatic heterocycles. The molecule has 16 rings (SSSR count). The van der Waals surface area contributed by atoms with E-state index in [0.717, 1.165) is 132 Å². The standard InChI is InChI=1S/C21H22N4O3S2.C20H22N4O3S2.C19H18F2N4O2S2.C19H20N4O3S2/c1-15(26)16-5-7-17(8-6-16)23-21-22-12-11-18(24-21)19-9-10-20(29-19)30(27,28)25-13-3-2-4-14-25;1-27-16-7-5-6-15(14-16)22-20-21-11-10-17(23-20)18-8-9-19(28-18)29(25,26)24-12-3-2-4-13-24;20-13-4-5-15(14(21)12-13)23-19-22-9-8-16(24-19)17-6-7-18(28-17)29(26,27)25-10-2-1-3-11-25;24-15-6-4-5-14(13-15)21-19-20-10-9-16(22-19)17-7-8-18(27-17)28(25,26)23-11-2-1-3-12-23/h5-12H,2-4,13-14H2,1H3,(H,22,23,24);5-11,14H,2-4,12-13H2,1H3,(H,21,22,23);4-9,12H,1-3,10-11H2,(H,22,23,24);4-10,13,24H,1-3,11-12H2,(H,20,21,22). The second-order valence-corrected chi connectivity index (χ2v) is 39.9. The van der Waals surface area contributed by atoms with Gasteiger partial charge in [-0.3, -0.25) is 4.79 Å². The number of Topliss-reactive ketones (excluding diaryl/α,β-unsaturated/α-hetero) is 1. The highest BCUT2D eigenvalue weighted by Crippen LogP contribution is 2.39. The second kappa shape index (κ2) is 38.4. The molecule has 27 nitrogen and oxygen atoms in total. The number of rotatable bonds is 22. The maximum absolute atomic E-state index is 13.8. The number of ketones is 1. The van der Waals surface area contributed by atoms with E-state index in [1.807, 2.05) is 24.3 Å². The Morgan fingerprint density at radius 2 is 0.724 bits per heavy atom. The van der Waals surface area contributed by atoms with Crippen LogP contribution in [-0.4, -0.2) is 161 Å². The normalized spacial score (nSPS) is 15.3. The fraction of sp³-hybridized carbons (Fsp3) is 0.278. The van der Waals surface area contributed by atoms with Gasteiger partial charge in [-0.05, 0) is 192 Å². The fourth-order valence-electron chi connectivity index (χ4n) is 12.7. The number of thiophene rings is 4. The van der Waals surface area contributed by atoms with Gasteiger partial charge in [0, 0.05) is 118 Å². The van der Waals surface area contributed by atoms with E-state index in [1.165, 1.54) is 57.5 Å². The number of benzene rings is 4. The highest BCUT2D eigenvalue weighted by atomic mass is 32.3. The molecular weight excluding hydrogens is 1640 g/mol. The molecule has 37 heteroatoms. The van der Waals surface area contributed by atoms with Crippen LogP contribution in [0, 0.1) is 11.6 Å². The number of piperidine rings is 4. The first kappa shape index (κ1) is 83.9. The first-order valence-electron chi connectivity index (χ1n) is 37.3. The maximum Gasteiger partial charge on any atom is 0.252 e. The van der Waals surface area contributed by atoms with Crippen molar-refractivity contribution in [2.24, 2.45) is 0 Å². The molecule has 8 aromatic heterocycles. The Kier molecular flexibility index (Phi) is 27.8. The lowest BCUT2D eigenvalue weighted by Crippen LogP contribution is -2.35. The Balaban J connectivity index is 0.000000135. The van der Waals surface area contributed by atoms with Gasteiger partial charge in [0.1, 0.15) is 40.0 Å². The Morgan fingerprint density at radius 3 is 1.06 bits per heavy atom. The SMILES string of the molecule is CC(=O)c1ccc(Nc2nccc(-c3ccc(S(=O)(=O)N4CCCCC4)s3)n2)cc1.COc1cccc(Nc2nccc(-c3ccc(S(=O)(=O)N4CCCCC4)s3)n2)c1.O=S(=O)(c1ccc(-c2ccnc(Nc3ccc(F)cc3F)n2)s1)N1CCCCC1.O=S(=O)(c1ccc(-c2ccnc(Nc3cccc(O)c3)n2)s1)N1CCCCC1. The number of sulfonamides is 4. The van der Waals surface area contributed by atoms with Gasteiger partial charge in [-0.15, -0.1) is 45.3 Å². The van der Waals surface area contributed by atoms with Crippen LogP contribution >= 0.6 is 45.3 Å². The van der Waals surface area contributed by atoms with E-state index in [2.05, 4.69) is 61.1 Å². The number of carbonyl (C=O) groups is 1. The number of nitrogens with one attached hydrogen (secondary N) is 4. The summed E-state index contributed by atoms with van der Waals surface area (Å²) in [5, 5.41) is 21.6. The Morgan fingerprint density at radius 1 is 0.388 bits per heavy atom. The molecular formula is C79H82F2N16O11S8. The number of nitrogens with zero attached hydrogens (tertiary/aromatic N) is 12. The molecule has 0 spiro atoms. The van der Waals surface area contributed by atoms with E-state index in [0.29, 0.717) is 122 Å². The molecule has 12 aromatic rings. The molecule has 116 heavy (non-hydrogen) atoms. The van der Waals surface area contributed by atoms with Crippen LogP contribution in [-0.2, 0) is 40.1 Å². The number of anilines is 8. The van der Waals surface area contributed by atoms with Crippen molar-refractivity contribution in [3.8, 4) is 53.8 Å². The zero-order chi connectivity index (χ0) is 81.4. The van der Waals surface area contributed by atoms with Crippen LogP contribution in [0.2, 0.25) is 0 Å². The monoisotopic (exact) mass is 1720 g/mol. The van der Waals surface area contributed by atoms with Crippen molar-refractivity contribution in [2.75, 3.05) is 80.7 Å². The van der Waals surface area contributed by atoms with Gasteiger partial charge in [0.05, 0.1) is 55.1 Å². The number of hydrogen-bond donors (Lipinski definition) is 5. The van der Waals surface area contributed by atoms with E-state index < -0.39 is 51.7 Å². The van der Waals surface area contributed by atoms with Gasteiger partial charge in [-0.1, -0.05) is 37.8 Å². The van der Waals surface area contributed by atoms with Crippen molar-refractivity contribution in [3.63, 3.8) is 0 Å². The van der Waals surface area contributed by atoms with Crippen molar-refractivity contribution < 1.29 is 57.1 Å². The molecule has 0 radical (unpaired) electrons. The van der Waals surface area contributed by atoms with Crippen molar-refractivity contribution in [1.82, 2.24) is 57.1 Å². The minimum atomic E-state index is -3.51. The average molecular weight is 1730 g/mol. The average Bonchev–Trinajstić information content (AvgIpc) is 1.64. The summed E-state index contributed by atoms with van der Waals surface area (Å²) >= 11 is 4.81. The third-order valence-electron chi connectivity index (χ3n) is 18.7. The highest BCUT2D eigenvalue weighted by Gasteiger charge is 2.32. The number of carbonyl (C=O) groups excluding carboxylic acids is 1. The summed E-state index contributed by atoms with van der Waals surface area (Å²) < 4.78 is 143. The van der Waals surface area contributed by atoms with Crippen LogP contribution < -0.4 is 26.0 Å². The van der Waals surface area contributed by atoms with Crippen LogP contribution in [0.15, 0.2) is 205 Å². The minimum absolute atomic E-state index is 0.00722. The lowest BCUT2D eigenvalue weighted by atomic mass is 10.1. The number of phenols is 1. The lowest BCUT2D eigenvalue weighted by Gasteiger charge is -2.25. The zero-order valence-corrected chi connectivity index (χ0v) is 69.5. The van der Waals surface area contributed by atoms with Crippen LogP contribution in [0.25, 0.3) is 42.3 Å². The minimum Gasteiger partial charge on any atom is -0.508 e. The third kappa shape index (κ3) is 21.4. The van der Waals surface area contributed by atoms with Crippen LogP contribution in [0.3, 0.4) is 0 Å².